The molecule has 0 saturated carbocycles. The van der Waals surface area contributed by atoms with E-state index >= 15 is 0 Å². The number of ether oxygens (including phenoxy) is 1. The van der Waals surface area contributed by atoms with Crippen molar-refractivity contribution in [3.63, 3.8) is 0 Å². The molecule has 0 aromatic carbocycles. The van der Waals surface area contributed by atoms with Gasteiger partial charge in [0.25, 0.3) is 0 Å². The molecule has 0 bridgehead atoms. The van der Waals surface area contributed by atoms with Crippen molar-refractivity contribution in [1.29, 1.82) is 0 Å². The summed E-state index contributed by atoms with van der Waals surface area (Å²) in [5.74, 6) is 0.524. The van der Waals surface area contributed by atoms with Crippen LogP contribution in [0.3, 0.4) is 0 Å². The Kier molecular flexibility index (Phi) is 3.02. The van der Waals surface area contributed by atoms with Crippen molar-refractivity contribution in [3.8, 4) is 0 Å². The number of ketones is 1. The summed E-state index contributed by atoms with van der Waals surface area (Å²) in [6.07, 6.45) is 7.43. The van der Waals surface area contributed by atoms with E-state index in [4.69, 9.17) is 4.74 Å². The summed E-state index contributed by atoms with van der Waals surface area (Å²) < 4.78 is 5.55. The second kappa shape index (κ2) is 4.26. The summed E-state index contributed by atoms with van der Waals surface area (Å²) in [5.41, 5.74) is 1.07. The zero-order valence-corrected chi connectivity index (χ0v) is 8.79. The predicted octanol–water partition coefficient (Wildman–Crippen LogP) is 2.48. The largest absolute Gasteiger partial charge is 0.377 e. The first kappa shape index (κ1) is 9.91. The summed E-state index contributed by atoms with van der Waals surface area (Å²) in [4.78, 5) is 12.1. The Morgan fingerprint density at radius 3 is 3.14 bits per heavy atom. The van der Waals surface area contributed by atoms with E-state index in [0.29, 0.717) is 5.78 Å². The first-order valence-corrected chi connectivity index (χ1v) is 5.67. The molecule has 0 amide bonds. The SMILES string of the molecule is CCC1OCCC1C(=O)C1=CCCC1. The second-order valence-corrected chi connectivity index (χ2v) is 4.20. The molecule has 2 atom stereocenters. The van der Waals surface area contributed by atoms with Crippen LogP contribution in [0.15, 0.2) is 11.6 Å². The number of hydrogen-bond donors (Lipinski definition) is 0. The third-order valence-corrected chi connectivity index (χ3v) is 3.31. The van der Waals surface area contributed by atoms with Gasteiger partial charge in [-0.05, 0) is 37.7 Å². The Hall–Kier alpha value is -0.630. The molecule has 0 N–H and O–H groups in total. The Labute approximate surface area is 85.3 Å². The third-order valence-electron chi connectivity index (χ3n) is 3.31. The van der Waals surface area contributed by atoms with Crippen molar-refractivity contribution in [2.75, 3.05) is 6.61 Å². The highest BCUT2D eigenvalue weighted by Crippen LogP contribution is 2.30. The molecular weight excluding hydrogens is 176 g/mol. The van der Waals surface area contributed by atoms with Crippen molar-refractivity contribution in [1.82, 2.24) is 0 Å². The van der Waals surface area contributed by atoms with E-state index in [0.717, 1.165) is 44.3 Å². The van der Waals surface area contributed by atoms with E-state index < -0.39 is 0 Å². The number of Topliss-reactive ketones (excluding diaryl/α,β-unsaturated/α-hetero) is 1. The lowest BCUT2D eigenvalue weighted by Gasteiger charge is -2.15. The monoisotopic (exact) mass is 194 g/mol. The molecule has 2 unspecified atom stereocenters. The van der Waals surface area contributed by atoms with Crippen LogP contribution < -0.4 is 0 Å². The van der Waals surface area contributed by atoms with Crippen molar-refractivity contribution in [2.24, 2.45) is 5.92 Å². The summed E-state index contributed by atoms with van der Waals surface area (Å²) in [7, 11) is 0. The first-order chi connectivity index (χ1) is 6.83. The first-order valence-electron chi connectivity index (χ1n) is 5.67. The van der Waals surface area contributed by atoms with Crippen LogP contribution in [0.2, 0.25) is 0 Å². The second-order valence-electron chi connectivity index (χ2n) is 4.20. The summed E-state index contributed by atoms with van der Waals surface area (Å²) in [5, 5.41) is 0. The minimum absolute atomic E-state index is 0.157. The zero-order chi connectivity index (χ0) is 9.97. The average Bonchev–Trinajstić information content (AvgIpc) is 2.87. The molecule has 1 aliphatic heterocycles. The molecule has 1 fully saturated rings. The Morgan fingerprint density at radius 1 is 1.64 bits per heavy atom. The molecule has 2 aliphatic rings. The predicted molar refractivity (Wildman–Crippen MR) is 55.1 cm³/mol. The molecule has 0 spiro atoms. The minimum Gasteiger partial charge on any atom is -0.377 e. The van der Waals surface area contributed by atoms with E-state index in [1.54, 1.807) is 0 Å². The van der Waals surface area contributed by atoms with Crippen LogP contribution in [0.1, 0.15) is 39.0 Å². The van der Waals surface area contributed by atoms with Crippen LogP contribution in [0.25, 0.3) is 0 Å². The molecule has 1 saturated heterocycles. The van der Waals surface area contributed by atoms with Gasteiger partial charge in [0.05, 0.1) is 12.0 Å². The van der Waals surface area contributed by atoms with Crippen molar-refractivity contribution in [2.45, 2.75) is 45.1 Å². The van der Waals surface area contributed by atoms with Crippen LogP contribution in [-0.4, -0.2) is 18.5 Å². The van der Waals surface area contributed by atoms with Crippen LogP contribution in [-0.2, 0) is 9.53 Å². The number of allylic oxidation sites excluding steroid dienone is 2. The molecule has 1 aliphatic carbocycles. The number of carbonyl (C=O) groups is 1. The normalized spacial score (nSPS) is 31.9. The Morgan fingerprint density at radius 2 is 2.50 bits per heavy atom. The van der Waals surface area contributed by atoms with E-state index in [2.05, 4.69) is 13.0 Å². The lowest BCUT2D eigenvalue weighted by molar-refractivity contribution is -0.120. The van der Waals surface area contributed by atoms with E-state index in [1.807, 2.05) is 0 Å². The summed E-state index contributed by atoms with van der Waals surface area (Å²) in [6.45, 7) is 2.86. The Bertz CT molecular complexity index is 255. The van der Waals surface area contributed by atoms with Crippen LogP contribution in [0, 0.1) is 5.92 Å². The van der Waals surface area contributed by atoms with E-state index in [1.165, 1.54) is 0 Å². The maximum absolute atomic E-state index is 12.1. The molecule has 0 aromatic rings. The quantitative estimate of drug-likeness (QED) is 0.690. The van der Waals surface area contributed by atoms with Gasteiger partial charge in [-0.3, -0.25) is 4.79 Å². The highest BCUT2D eigenvalue weighted by molar-refractivity contribution is 5.98. The molecule has 78 valence electrons. The number of hydrogen-bond acceptors (Lipinski definition) is 2. The smallest absolute Gasteiger partial charge is 0.164 e. The fraction of sp³-hybridized carbons (Fsp3) is 0.750. The highest BCUT2D eigenvalue weighted by Gasteiger charge is 2.34. The van der Waals surface area contributed by atoms with Crippen molar-refractivity contribution < 1.29 is 9.53 Å². The molecule has 2 heteroatoms. The summed E-state index contributed by atoms with van der Waals surface area (Å²) >= 11 is 0. The van der Waals surface area contributed by atoms with E-state index in [9.17, 15) is 4.79 Å². The van der Waals surface area contributed by atoms with Gasteiger partial charge in [0.15, 0.2) is 5.78 Å². The zero-order valence-electron chi connectivity index (χ0n) is 8.79. The van der Waals surface area contributed by atoms with Gasteiger partial charge in [-0.1, -0.05) is 13.0 Å². The van der Waals surface area contributed by atoms with Gasteiger partial charge in [-0.2, -0.15) is 0 Å². The molecule has 0 radical (unpaired) electrons. The fourth-order valence-corrected chi connectivity index (χ4v) is 2.48. The molecular formula is C12H18O2. The van der Waals surface area contributed by atoms with Gasteiger partial charge in [0.1, 0.15) is 0 Å². The number of carbonyl (C=O) groups excluding carboxylic acids is 1. The molecule has 2 nitrogen and oxygen atoms in total. The molecule has 1 heterocycles. The minimum atomic E-state index is 0.157. The van der Waals surface area contributed by atoms with Gasteiger partial charge in [-0.15, -0.1) is 0 Å². The van der Waals surface area contributed by atoms with E-state index in [-0.39, 0.29) is 12.0 Å². The molecule has 14 heavy (non-hydrogen) atoms. The summed E-state index contributed by atoms with van der Waals surface area (Å²) in [6, 6.07) is 0. The average molecular weight is 194 g/mol. The third kappa shape index (κ3) is 1.76. The fourth-order valence-electron chi connectivity index (χ4n) is 2.48. The Balaban J connectivity index is 2.03. The highest BCUT2D eigenvalue weighted by atomic mass is 16.5. The van der Waals surface area contributed by atoms with Crippen LogP contribution in [0.4, 0.5) is 0 Å². The van der Waals surface area contributed by atoms with Crippen molar-refractivity contribution in [3.05, 3.63) is 11.6 Å². The topological polar surface area (TPSA) is 26.3 Å². The standard InChI is InChI=1S/C12H18O2/c1-2-11-10(7-8-14-11)12(13)9-5-3-4-6-9/h5,10-11H,2-4,6-8H2,1H3. The van der Waals surface area contributed by atoms with Gasteiger partial charge in [-0.25, -0.2) is 0 Å². The molecule has 2 rings (SSSR count). The number of rotatable bonds is 3. The van der Waals surface area contributed by atoms with Gasteiger partial charge in [0.2, 0.25) is 0 Å². The molecule has 0 aromatic heterocycles. The maximum atomic E-state index is 12.1. The lowest BCUT2D eigenvalue weighted by Crippen LogP contribution is -2.24. The van der Waals surface area contributed by atoms with Crippen molar-refractivity contribution >= 4 is 5.78 Å². The maximum Gasteiger partial charge on any atom is 0.164 e. The van der Waals surface area contributed by atoms with Gasteiger partial charge >= 0.3 is 0 Å². The van der Waals surface area contributed by atoms with Gasteiger partial charge < -0.3 is 4.74 Å². The van der Waals surface area contributed by atoms with Crippen LogP contribution >= 0.6 is 0 Å². The van der Waals surface area contributed by atoms with Crippen LogP contribution in [0.5, 0.6) is 0 Å². The van der Waals surface area contributed by atoms with Gasteiger partial charge in [0, 0.05) is 6.61 Å². The lowest BCUT2D eigenvalue weighted by atomic mass is 9.90.